The van der Waals surface area contributed by atoms with Crippen LogP contribution in [-0.4, -0.2) is 33.0 Å². The normalized spacial score (nSPS) is 10.4. The van der Waals surface area contributed by atoms with E-state index in [1.807, 2.05) is 44.2 Å². The van der Waals surface area contributed by atoms with Crippen molar-refractivity contribution < 1.29 is 28.4 Å². The molecule has 0 aliphatic rings. The van der Waals surface area contributed by atoms with Crippen molar-refractivity contribution in [1.82, 2.24) is 0 Å². The van der Waals surface area contributed by atoms with Gasteiger partial charge in [-0.15, -0.1) is 0 Å². The fourth-order valence-electron chi connectivity index (χ4n) is 3.41. The van der Waals surface area contributed by atoms with Crippen LogP contribution in [0.2, 0.25) is 0 Å². The maximum Gasteiger partial charge on any atom is 0.170 e. The lowest BCUT2D eigenvalue weighted by molar-refractivity contribution is 0.341. The molecule has 0 heterocycles. The number of ether oxygens (including phenoxy) is 4. The quantitative estimate of drug-likeness (QED) is 0.422. The second-order valence-corrected chi connectivity index (χ2v) is 7.32. The van der Waals surface area contributed by atoms with Gasteiger partial charge in [0.15, 0.2) is 23.1 Å². The topological polar surface area (TPSA) is 57.2 Å². The average molecular weight is 438 g/mol. The molecule has 0 radical (unpaired) electrons. The van der Waals surface area contributed by atoms with Gasteiger partial charge in [0.1, 0.15) is 18.1 Å². The summed E-state index contributed by atoms with van der Waals surface area (Å²) in [7, 11) is 4.52. The summed E-state index contributed by atoms with van der Waals surface area (Å²) in [6.45, 7) is 4.16. The van der Waals surface area contributed by atoms with Crippen LogP contribution in [0.15, 0.2) is 60.2 Å². The van der Waals surface area contributed by atoms with Crippen molar-refractivity contribution in [3.63, 3.8) is 0 Å². The molecule has 0 aromatic heterocycles. The number of para-hydroxylation sites is 1. The SMILES string of the molecule is COc1ccccc1-c1cc(OC)c(-c2ccc(OCC=C(C)C)c(F)c2)c(O)c1OC. The van der Waals surface area contributed by atoms with Gasteiger partial charge in [0.2, 0.25) is 0 Å². The highest BCUT2D eigenvalue weighted by Gasteiger charge is 2.23. The van der Waals surface area contributed by atoms with Crippen LogP contribution in [0.4, 0.5) is 4.39 Å². The van der Waals surface area contributed by atoms with E-state index in [1.54, 1.807) is 19.2 Å². The third kappa shape index (κ3) is 4.64. The summed E-state index contributed by atoms with van der Waals surface area (Å²) in [6, 6.07) is 13.6. The van der Waals surface area contributed by atoms with E-state index < -0.39 is 5.82 Å². The van der Waals surface area contributed by atoms with Gasteiger partial charge in [-0.1, -0.05) is 29.8 Å². The van der Waals surface area contributed by atoms with Gasteiger partial charge in [-0.2, -0.15) is 0 Å². The van der Waals surface area contributed by atoms with Crippen LogP contribution in [0.25, 0.3) is 22.3 Å². The number of phenols is 1. The Kier molecular flexibility index (Phi) is 7.25. The highest BCUT2D eigenvalue weighted by Crippen LogP contribution is 2.51. The molecule has 3 rings (SSSR count). The molecule has 0 saturated carbocycles. The lowest BCUT2D eigenvalue weighted by atomic mass is 9.96. The van der Waals surface area contributed by atoms with E-state index >= 15 is 0 Å². The van der Waals surface area contributed by atoms with Crippen LogP contribution >= 0.6 is 0 Å². The predicted octanol–water partition coefficient (Wildman–Crippen LogP) is 6.24. The number of hydrogen-bond donors (Lipinski definition) is 1. The first kappa shape index (κ1) is 23.0. The molecule has 3 aromatic carbocycles. The summed E-state index contributed by atoms with van der Waals surface area (Å²) in [5.74, 6) is 0.631. The van der Waals surface area contributed by atoms with E-state index in [0.29, 0.717) is 28.2 Å². The fraction of sp³-hybridized carbons (Fsp3) is 0.231. The summed E-state index contributed by atoms with van der Waals surface area (Å²) in [5.41, 5.74) is 3.14. The second kappa shape index (κ2) is 10.1. The molecule has 0 amide bonds. The second-order valence-electron chi connectivity index (χ2n) is 7.32. The van der Waals surface area contributed by atoms with Gasteiger partial charge in [-0.05, 0) is 49.8 Å². The fourth-order valence-corrected chi connectivity index (χ4v) is 3.41. The Morgan fingerprint density at radius 2 is 1.59 bits per heavy atom. The van der Waals surface area contributed by atoms with E-state index in [2.05, 4.69) is 0 Å². The number of hydrogen-bond acceptors (Lipinski definition) is 5. The molecular formula is C26H27FO5. The first-order valence-corrected chi connectivity index (χ1v) is 10.1. The van der Waals surface area contributed by atoms with Gasteiger partial charge < -0.3 is 24.1 Å². The molecule has 0 aliphatic heterocycles. The minimum atomic E-state index is -0.543. The van der Waals surface area contributed by atoms with Crippen molar-refractivity contribution in [2.75, 3.05) is 27.9 Å². The minimum Gasteiger partial charge on any atom is -0.504 e. The number of halogens is 1. The van der Waals surface area contributed by atoms with Crippen LogP contribution in [0.5, 0.6) is 28.7 Å². The third-order valence-corrected chi connectivity index (χ3v) is 4.99. The van der Waals surface area contributed by atoms with E-state index in [1.165, 1.54) is 26.4 Å². The van der Waals surface area contributed by atoms with Gasteiger partial charge in [-0.3, -0.25) is 0 Å². The summed E-state index contributed by atoms with van der Waals surface area (Å²) >= 11 is 0. The molecule has 6 heteroatoms. The first-order valence-electron chi connectivity index (χ1n) is 10.1. The molecule has 0 unspecified atom stereocenters. The van der Waals surface area contributed by atoms with Crippen LogP contribution in [0.1, 0.15) is 13.8 Å². The monoisotopic (exact) mass is 438 g/mol. The molecule has 0 atom stereocenters. The Hall–Kier alpha value is -3.67. The molecular weight excluding hydrogens is 411 g/mol. The Morgan fingerprint density at radius 1 is 0.875 bits per heavy atom. The molecule has 0 saturated heterocycles. The van der Waals surface area contributed by atoms with Gasteiger partial charge in [0.05, 0.1) is 26.9 Å². The zero-order chi connectivity index (χ0) is 23.3. The van der Waals surface area contributed by atoms with E-state index in [9.17, 15) is 9.50 Å². The van der Waals surface area contributed by atoms with E-state index in [-0.39, 0.29) is 23.9 Å². The highest BCUT2D eigenvalue weighted by molar-refractivity contribution is 5.89. The summed E-state index contributed by atoms with van der Waals surface area (Å²) in [4.78, 5) is 0. The number of phenolic OH excluding ortho intramolecular Hbond substituents is 1. The smallest absolute Gasteiger partial charge is 0.170 e. The molecule has 0 fully saturated rings. The Morgan fingerprint density at radius 3 is 2.22 bits per heavy atom. The Balaban J connectivity index is 2.12. The number of benzene rings is 3. The zero-order valence-corrected chi connectivity index (χ0v) is 18.9. The van der Waals surface area contributed by atoms with Crippen molar-refractivity contribution in [2.45, 2.75) is 13.8 Å². The summed E-state index contributed by atoms with van der Waals surface area (Å²) in [6.07, 6.45) is 1.86. The predicted molar refractivity (Wildman–Crippen MR) is 124 cm³/mol. The van der Waals surface area contributed by atoms with Gasteiger partial charge in [-0.25, -0.2) is 4.39 Å². The maximum absolute atomic E-state index is 14.7. The Bertz CT molecular complexity index is 1130. The molecule has 3 aromatic rings. The summed E-state index contributed by atoms with van der Waals surface area (Å²) < 4.78 is 36.8. The molecule has 5 nitrogen and oxygen atoms in total. The molecule has 168 valence electrons. The van der Waals surface area contributed by atoms with Crippen LogP contribution in [0.3, 0.4) is 0 Å². The van der Waals surface area contributed by atoms with Crippen molar-refractivity contribution in [2.24, 2.45) is 0 Å². The van der Waals surface area contributed by atoms with E-state index in [0.717, 1.165) is 11.1 Å². The minimum absolute atomic E-state index is 0.127. The van der Waals surface area contributed by atoms with Gasteiger partial charge >= 0.3 is 0 Å². The largest absolute Gasteiger partial charge is 0.504 e. The first-order chi connectivity index (χ1) is 15.4. The van der Waals surface area contributed by atoms with E-state index in [4.69, 9.17) is 18.9 Å². The van der Waals surface area contributed by atoms with Crippen LogP contribution in [0, 0.1) is 5.82 Å². The zero-order valence-electron chi connectivity index (χ0n) is 18.9. The lowest BCUT2D eigenvalue weighted by Crippen LogP contribution is -1.99. The van der Waals surface area contributed by atoms with Gasteiger partial charge in [0, 0.05) is 11.1 Å². The molecule has 0 aliphatic carbocycles. The molecule has 0 spiro atoms. The van der Waals surface area contributed by atoms with Gasteiger partial charge in [0.25, 0.3) is 0 Å². The maximum atomic E-state index is 14.7. The number of methoxy groups -OCH3 is 3. The highest BCUT2D eigenvalue weighted by atomic mass is 19.1. The van der Waals surface area contributed by atoms with Crippen molar-refractivity contribution >= 4 is 0 Å². The van der Waals surface area contributed by atoms with Crippen LogP contribution < -0.4 is 18.9 Å². The lowest BCUT2D eigenvalue weighted by Gasteiger charge is -2.19. The number of allylic oxidation sites excluding steroid dienone is 1. The molecule has 1 N–H and O–H groups in total. The standard InChI is InChI=1S/C26H27FO5/c1-16(2)12-13-32-22-11-10-17(14-20(22)27)24-23(30-4)15-19(26(31-5)25(24)28)18-8-6-7-9-21(18)29-3/h6-12,14-15,28H,13H2,1-5H3. The van der Waals surface area contributed by atoms with Crippen molar-refractivity contribution in [1.29, 1.82) is 0 Å². The average Bonchev–Trinajstić information content (AvgIpc) is 2.79. The number of aromatic hydroxyl groups is 1. The van der Waals surface area contributed by atoms with Crippen molar-refractivity contribution in [3.8, 4) is 51.0 Å². The molecule has 32 heavy (non-hydrogen) atoms. The van der Waals surface area contributed by atoms with Crippen LogP contribution in [-0.2, 0) is 0 Å². The number of rotatable bonds is 8. The third-order valence-electron chi connectivity index (χ3n) is 4.99. The Labute approximate surface area is 187 Å². The molecule has 0 bridgehead atoms. The van der Waals surface area contributed by atoms with Crippen molar-refractivity contribution in [3.05, 3.63) is 66.0 Å². The summed E-state index contributed by atoms with van der Waals surface area (Å²) in [5, 5.41) is 11.1.